The number of carbonyl (C=O) groups is 1. The van der Waals surface area contributed by atoms with Crippen LogP contribution in [-0.2, 0) is 17.9 Å². The number of hydrogen-bond donors (Lipinski definition) is 0. The molecule has 2 fully saturated rings. The van der Waals surface area contributed by atoms with Crippen LogP contribution in [-0.4, -0.2) is 46.4 Å². The van der Waals surface area contributed by atoms with Crippen LogP contribution in [0, 0.1) is 6.92 Å². The average Bonchev–Trinajstić information content (AvgIpc) is 3.16. The lowest BCUT2D eigenvalue weighted by Crippen LogP contribution is -2.36. The maximum absolute atomic E-state index is 12.6. The molecular weight excluding hydrogens is 326 g/mol. The maximum atomic E-state index is 12.6. The van der Waals surface area contributed by atoms with Crippen LogP contribution in [0.2, 0.25) is 0 Å². The van der Waals surface area contributed by atoms with Crippen LogP contribution >= 0.6 is 0 Å². The molecule has 2 saturated heterocycles. The summed E-state index contributed by atoms with van der Waals surface area (Å²) in [6.07, 6.45) is 1.66. The number of aryl methyl sites for hydroxylation is 1. The molecule has 4 rings (SSSR count). The van der Waals surface area contributed by atoms with Crippen LogP contribution in [0.1, 0.15) is 29.8 Å². The van der Waals surface area contributed by atoms with E-state index in [1.165, 1.54) is 5.56 Å². The van der Waals surface area contributed by atoms with E-state index in [2.05, 4.69) is 22.0 Å². The minimum absolute atomic E-state index is 0.253. The molecule has 2 atom stereocenters. The molecule has 0 unspecified atom stereocenters. The molecule has 136 valence electrons. The van der Waals surface area contributed by atoms with Crippen molar-refractivity contribution in [2.45, 2.75) is 44.9 Å². The van der Waals surface area contributed by atoms with Gasteiger partial charge in [-0.15, -0.1) is 0 Å². The highest BCUT2D eigenvalue weighted by Crippen LogP contribution is 2.34. The Morgan fingerprint density at radius 3 is 2.65 bits per heavy atom. The lowest BCUT2D eigenvalue weighted by molar-refractivity contribution is -0.129. The van der Waals surface area contributed by atoms with Gasteiger partial charge in [-0.1, -0.05) is 18.2 Å². The number of aromatic nitrogens is 1. The Hall–Kier alpha value is -2.40. The predicted octanol–water partition coefficient (Wildman–Crippen LogP) is 2.77. The number of methoxy groups -OCH3 is 1. The van der Waals surface area contributed by atoms with E-state index in [0.29, 0.717) is 25.0 Å². The van der Waals surface area contributed by atoms with Crippen molar-refractivity contribution in [1.29, 1.82) is 0 Å². The van der Waals surface area contributed by atoms with Crippen molar-refractivity contribution in [2.24, 2.45) is 0 Å². The average molecular weight is 351 g/mol. The van der Waals surface area contributed by atoms with Crippen LogP contribution in [0.15, 0.2) is 42.5 Å². The Morgan fingerprint density at radius 2 is 1.92 bits per heavy atom. The minimum Gasteiger partial charge on any atom is -0.497 e. The maximum Gasteiger partial charge on any atom is 0.224 e. The second-order valence-corrected chi connectivity index (χ2v) is 7.24. The van der Waals surface area contributed by atoms with Crippen LogP contribution in [0.3, 0.4) is 0 Å². The van der Waals surface area contributed by atoms with Gasteiger partial charge in [0.1, 0.15) is 5.75 Å². The lowest BCUT2D eigenvalue weighted by Gasteiger charge is -2.25. The van der Waals surface area contributed by atoms with Gasteiger partial charge in [-0.2, -0.15) is 0 Å². The Kier molecular flexibility index (Phi) is 4.64. The second-order valence-electron chi connectivity index (χ2n) is 7.24. The number of likely N-dealkylation sites (tertiary alicyclic amines) is 2. The van der Waals surface area contributed by atoms with Crippen molar-refractivity contribution < 1.29 is 9.53 Å². The molecule has 0 spiro atoms. The lowest BCUT2D eigenvalue weighted by atomic mass is 10.1. The van der Waals surface area contributed by atoms with E-state index >= 15 is 0 Å². The summed E-state index contributed by atoms with van der Waals surface area (Å²) in [5, 5.41) is 0. The highest BCUT2D eigenvalue weighted by atomic mass is 16.5. The van der Waals surface area contributed by atoms with Crippen LogP contribution in [0.25, 0.3) is 0 Å². The molecule has 0 N–H and O–H groups in total. The molecule has 2 aliphatic heterocycles. The molecule has 1 amide bonds. The van der Waals surface area contributed by atoms with E-state index in [1.807, 2.05) is 42.2 Å². The Morgan fingerprint density at radius 1 is 1.12 bits per heavy atom. The number of carbonyl (C=O) groups excluding carboxylic acids is 1. The SMILES string of the molecule is COc1ccc(CN2CC[C@H]3[C@@H]2CC(=O)N3Cc2cccc(C)n2)cc1. The summed E-state index contributed by atoms with van der Waals surface area (Å²) in [4.78, 5) is 21.7. The normalized spacial score (nSPS) is 22.7. The van der Waals surface area contributed by atoms with Crippen molar-refractivity contribution in [3.8, 4) is 5.75 Å². The summed E-state index contributed by atoms with van der Waals surface area (Å²) < 4.78 is 5.23. The summed E-state index contributed by atoms with van der Waals surface area (Å²) in [5.41, 5.74) is 3.24. The molecule has 26 heavy (non-hydrogen) atoms. The third-order valence-electron chi connectivity index (χ3n) is 5.55. The number of ether oxygens (including phenoxy) is 1. The van der Waals surface area contributed by atoms with E-state index in [1.54, 1.807) is 7.11 Å². The molecule has 1 aromatic heterocycles. The summed E-state index contributed by atoms with van der Waals surface area (Å²) in [6, 6.07) is 14.9. The van der Waals surface area contributed by atoms with Gasteiger partial charge in [0.25, 0.3) is 0 Å². The summed E-state index contributed by atoms with van der Waals surface area (Å²) in [7, 11) is 1.68. The van der Waals surface area contributed by atoms with Crippen molar-refractivity contribution >= 4 is 5.91 Å². The minimum atomic E-state index is 0.253. The van der Waals surface area contributed by atoms with E-state index in [0.717, 1.165) is 36.6 Å². The van der Waals surface area contributed by atoms with Crippen LogP contribution < -0.4 is 4.74 Å². The summed E-state index contributed by atoms with van der Waals surface area (Å²) in [5.74, 6) is 1.13. The van der Waals surface area contributed by atoms with E-state index in [-0.39, 0.29) is 5.91 Å². The molecule has 0 bridgehead atoms. The Labute approximate surface area is 154 Å². The van der Waals surface area contributed by atoms with Gasteiger partial charge in [-0.05, 0) is 43.2 Å². The Balaban J connectivity index is 1.44. The number of fused-ring (bicyclic) bond motifs is 1. The molecule has 1 aromatic carbocycles. The van der Waals surface area contributed by atoms with Gasteiger partial charge in [0.05, 0.1) is 19.3 Å². The molecular formula is C21H25N3O2. The van der Waals surface area contributed by atoms with Crippen molar-refractivity contribution in [3.63, 3.8) is 0 Å². The largest absolute Gasteiger partial charge is 0.497 e. The number of hydrogen-bond acceptors (Lipinski definition) is 4. The third-order valence-corrected chi connectivity index (χ3v) is 5.55. The molecule has 3 heterocycles. The molecule has 0 saturated carbocycles. The first-order valence-corrected chi connectivity index (χ1v) is 9.23. The molecule has 2 aromatic rings. The number of pyridine rings is 1. The summed E-state index contributed by atoms with van der Waals surface area (Å²) >= 11 is 0. The zero-order valence-electron chi connectivity index (χ0n) is 15.4. The van der Waals surface area contributed by atoms with Gasteiger partial charge in [0.15, 0.2) is 0 Å². The first kappa shape index (κ1) is 17.0. The molecule has 0 radical (unpaired) electrons. The highest BCUT2D eigenvalue weighted by molar-refractivity contribution is 5.80. The van der Waals surface area contributed by atoms with Crippen LogP contribution in [0.4, 0.5) is 0 Å². The second kappa shape index (κ2) is 7.08. The van der Waals surface area contributed by atoms with Gasteiger partial charge in [-0.3, -0.25) is 14.7 Å². The van der Waals surface area contributed by atoms with Crippen LogP contribution in [0.5, 0.6) is 5.75 Å². The van der Waals surface area contributed by atoms with Crippen molar-refractivity contribution in [1.82, 2.24) is 14.8 Å². The van der Waals surface area contributed by atoms with E-state index in [4.69, 9.17) is 4.74 Å². The number of amides is 1. The quantitative estimate of drug-likeness (QED) is 0.831. The predicted molar refractivity (Wildman–Crippen MR) is 99.7 cm³/mol. The fourth-order valence-electron chi connectivity index (χ4n) is 4.24. The fourth-order valence-corrected chi connectivity index (χ4v) is 4.24. The first-order valence-electron chi connectivity index (χ1n) is 9.23. The molecule has 5 heteroatoms. The smallest absolute Gasteiger partial charge is 0.224 e. The first-order chi connectivity index (χ1) is 12.6. The Bertz CT molecular complexity index is 790. The topological polar surface area (TPSA) is 45.7 Å². The van der Waals surface area contributed by atoms with Gasteiger partial charge in [0.2, 0.25) is 5.91 Å². The summed E-state index contributed by atoms with van der Waals surface area (Å²) in [6.45, 7) is 4.53. The van der Waals surface area contributed by atoms with E-state index < -0.39 is 0 Å². The molecule has 2 aliphatic rings. The zero-order chi connectivity index (χ0) is 18.1. The molecule has 5 nitrogen and oxygen atoms in total. The van der Waals surface area contributed by atoms with Gasteiger partial charge in [0, 0.05) is 37.3 Å². The van der Waals surface area contributed by atoms with Gasteiger partial charge < -0.3 is 9.64 Å². The third kappa shape index (κ3) is 3.31. The monoisotopic (exact) mass is 351 g/mol. The number of rotatable bonds is 5. The zero-order valence-corrected chi connectivity index (χ0v) is 15.4. The standard InChI is InChI=1S/C21H25N3O2/c1-15-4-3-5-17(22-15)14-24-19-10-11-23(20(19)12-21(24)25)13-16-6-8-18(26-2)9-7-16/h3-9,19-20H,10-14H2,1-2H3/t19-,20-/m0/s1. The number of benzene rings is 1. The molecule has 0 aliphatic carbocycles. The number of nitrogens with zero attached hydrogens (tertiary/aromatic N) is 3. The fraction of sp³-hybridized carbons (Fsp3) is 0.429. The van der Waals surface area contributed by atoms with Crippen molar-refractivity contribution in [3.05, 3.63) is 59.4 Å². The van der Waals surface area contributed by atoms with E-state index in [9.17, 15) is 4.79 Å². The van der Waals surface area contributed by atoms with Crippen molar-refractivity contribution in [2.75, 3.05) is 13.7 Å². The highest BCUT2D eigenvalue weighted by Gasteiger charge is 2.46. The van der Waals surface area contributed by atoms with Gasteiger partial charge in [-0.25, -0.2) is 0 Å². The van der Waals surface area contributed by atoms with Gasteiger partial charge >= 0.3 is 0 Å².